The van der Waals surface area contributed by atoms with Crippen molar-refractivity contribution in [2.75, 3.05) is 38.7 Å². The standard InChI is InChI=1S/C21H28N6O3S2/c1-4-16(25(2)3)19-23-24-20(27(19)12-15-8-6-5-7-9-15)31-13-17(28)22-10-11-26-18(29)14-32-21(26)30/h5-9,16H,4,10-14H2,1-3H3,(H,22,28). The summed E-state index contributed by atoms with van der Waals surface area (Å²) in [5.74, 6) is 0.817. The molecule has 3 amide bonds. The smallest absolute Gasteiger partial charge is 0.288 e. The van der Waals surface area contributed by atoms with E-state index in [-0.39, 0.29) is 47.7 Å². The highest BCUT2D eigenvalue weighted by molar-refractivity contribution is 8.14. The van der Waals surface area contributed by atoms with Crippen molar-refractivity contribution in [2.24, 2.45) is 0 Å². The maximum Gasteiger partial charge on any atom is 0.288 e. The molecule has 0 bridgehead atoms. The van der Waals surface area contributed by atoms with Crippen molar-refractivity contribution in [1.82, 2.24) is 29.9 Å². The van der Waals surface area contributed by atoms with E-state index in [9.17, 15) is 14.4 Å². The molecule has 0 radical (unpaired) electrons. The van der Waals surface area contributed by atoms with Gasteiger partial charge in [0.2, 0.25) is 11.8 Å². The molecule has 32 heavy (non-hydrogen) atoms. The van der Waals surface area contributed by atoms with Crippen molar-refractivity contribution in [2.45, 2.75) is 31.1 Å². The number of aromatic nitrogens is 3. The number of hydrogen-bond acceptors (Lipinski definition) is 8. The Labute approximate surface area is 196 Å². The van der Waals surface area contributed by atoms with E-state index in [1.807, 2.05) is 32.3 Å². The zero-order valence-corrected chi connectivity index (χ0v) is 20.1. The molecule has 11 heteroatoms. The van der Waals surface area contributed by atoms with Gasteiger partial charge in [0.05, 0.1) is 24.1 Å². The van der Waals surface area contributed by atoms with Gasteiger partial charge in [-0.2, -0.15) is 0 Å². The molecule has 3 rings (SSSR count). The van der Waals surface area contributed by atoms with Gasteiger partial charge in [-0.3, -0.25) is 24.2 Å². The lowest BCUT2D eigenvalue weighted by Gasteiger charge is -2.23. The molecule has 0 saturated carbocycles. The lowest BCUT2D eigenvalue weighted by molar-refractivity contribution is -0.125. The number of nitrogens with zero attached hydrogens (tertiary/aromatic N) is 5. The van der Waals surface area contributed by atoms with Crippen LogP contribution in [0, 0.1) is 0 Å². The van der Waals surface area contributed by atoms with Gasteiger partial charge in [-0.1, -0.05) is 60.8 Å². The highest BCUT2D eigenvalue weighted by Gasteiger charge is 2.29. The first kappa shape index (κ1) is 24.3. The van der Waals surface area contributed by atoms with Crippen molar-refractivity contribution >= 4 is 40.6 Å². The number of rotatable bonds is 11. The third kappa shape index (κ3) is 6.11. The molecule has 1 unspecified atom stereocenters. The summed E-state index contributed by atoms with van der Waals surface area (Å²) in [6.45, 7) is 3.16. The van der Waals surface area contributed by atoms with Gasteiger partial charge in [-0.15, -0.1) is 10.2 Å². The first-order valence-electron chi connectivity index (χ1n) is 10.4. The first-order valence-corrected chi connectivity index (χ1v) is 12.4. The van der Waals surface area contributed by atoms with Gasteiger partial charge < -0.3 is 9.88 Å². The SMILES string of the molecule is CCC(c1nnc(SCC(=O)NCCN2C(=O)CSC2=O)n1Cc1ccccc1)N(C)C. The minimum atomic E-state index is -0.258. The summed E-state index contributed by atoms with van der Waals surface area (Å²) in [7, 11) is 4.04. The second-order valence-electron chi connectivity index (χ2n) is 7.54. The van der Waals surface area contributed by atoms with Crippen molar-refractivity contribution in [1.29, 1.82) is 0 Å². The number of nitrogens with one attached hydrogen (secondary N) is 1. The minimum absolute atomic E-state index is 0.114. The first-order chi connectivity index (χ1) is 15.4. The molecule has 1 aliphatic rings. The maximum absolute atomic E-state index is 12.3. The summed E-state index contributed by atoms with van der Waals surface area (Å²) in [4.78, 5) is 38.9. The Kier molecular flexibility index (Phi) is 8.71. The van der Waals surface area contributed by atoms with Gasteiger partial charge in [0.1, 0.15) is 0 Å². The fraction of sp³-hybridized carbons (Fsp3) is 0.476. The second kappa shape index (κ2) is 11.5. The number of imide groups is 1. The molecule has 172 valence electrons. The van der Waals surface area contributed by atoms with E-state index in [0.29, 0.717) is 11.7 Å². The Morgan fingerprint density at radius 2 is 2.00 bits per heavy atom. The topological polar surface area (TPSA) is 100 Å². The molecule has 1 fully saturated rings. The number of thioether (sulfide) groups is 2. The Morgan fingerprint density at radius 1 is 1.25 bits per heavy atom. The van der Waals surface area contributed by atoms with Gasteiger partial charge >= 0.3 is 0 Å². The molecular formula is C21H28N6O3S2. The highest BCUT2D eigenvalue weighted by atomic mass is 32.2. The summed E-state index contributed by atoms with van der Waals surface area (Å²) in [6.07, 6.45) is 0.886. The monoisotopic (exact) mass is 476 g/mol. The van der Waals surface area contributed by atoms with Gasteiger partial charge in [-0.05, 0) is 26.1 Å². The van der Waals surface area contributed by atoms with Crippen LogP contribution in [0.1, 0.15) is 30.8 Å². The summed E-state index contributed by atoms with van der Waals surface area (Å²) in [6, 6.07) is 10.2. The number of hydrogen-bond donors (Lipinski definition) is 1. The van der Waals surface area contributed by atoms with Crippen LogP contribution < -0.4 is 5.32 Å². The average Bonchev–Trinajstić information content (AvgIpc) is 3.31. The zero-order chi connectivity index (χ0) is 23.1. The van der Waals surface area contributed by atoms with E-state index in [4.69, 9.17) is 0 Å². The second-order valence-corrected chi connectivity index (χ2v) is 9.41. The molecule has 1 N–H and O–H groups in total. The molecule has 9 nitrogen and oxygen atoms in total. The molecule has 1 atom stereocenters. The Balaban J connectivity index is 1.63. The van der Waals surface area contributed by atoms with Crippen LogP contribution in [0.5, 0.6) is 0 Å². The van der Waals surface area contributed by atoms with Gasteiger partial charge in [-0.25, -0.2) is 0 Å². The van der Waals surface area contributed by atoms with Crippen molar-refractivity contribution < 1.29 is 14.4 Å². The van der Waals surface area contributed by atoms with E-state index < -0.39 is 0 Å². The fourth-order valence-electron chi connectivity index (χ4n) is 3.43. The van der Waals surface area contributed by atoms with E-state index in [2.05, 4.69) is 44.0 Å². The predicted molar refractivity (Wildman–Crippen MR) is 126 cm³/mol. The van der Waals surface area contributed by atoms with Crippen molar-refractivity contribution in [3.05, 3.63) is 41.7 Å². The molecule has 1 aromatic carbocycles. The van der Waals surface area contributed by atoms with Crippen LogP contribution in [0.2, 0.25) is 0 Å². The number of carbonyl (C=O) groups is 3. The number of carbonyl (C=O) groups excluding carboxylic acids is 3. The Bertz CT molecular complexity index is 934. The van der Waals surface area contributed by atoms with Crippen molar-refractivity contribution in [3.63, 3.8) is 0 Å². The maximum atomic E-state index is 12.3. The molecule has 2 aromatic rings. The van der Waals surface area contributed by atoms with Gasteiger partial charge in [0.15, 0.2) is 11.0 Å². The van der Waals surface area contributed by atoms with Crippen LogP contribution in [0.3, 0.4) is 0 Å². The summed E-state index contributed by atoms with van der Waals surface area (Å²) in [5.41, 5.74) is 1.13. The summed E-state index contributed by atoms with van der Waals surface area (Å²) < 4.78 is 2.07. The largest absolute Gasteiger partial charge is 0.354 e. The predicted octanol–water partition coefficient (Wildman–Crippen LogP) is 2.24. The summed E-state index contributed by atoms with van der Waals surface area (Å²) >= 11 is 2.32. The Morgan fingerprint density at radius 3 is 2.62 bits per heavy atom. The highest BCUT2D eigenvalue weighted by Crippen LogP contribution is 2.26. The molecule has 0 spiro atoms. The minimum Gasteiger partial charge on any atom is -0.354 e. The van der Waals surface area contributed by atoms with E-state index >= 15 is 0 Å². The van der Waals surface area contributed by atoms with Crippen molar-refractivity contribution in [3.8, 4) is 0 Å². The van der Waals surface area contributed by atoms with Gasteiger partial charge in [0, 0.05) is 13.1 Å². The summed E-state index contributed by atoms with van der Waals surface area (Å²) in [5, 5.41) is 12.0. The van der Waals surface area contributed by atoms with E-state index in [0.717, 1.165) is 29.6 Å². The van der Waals surface area contributed by atoms with Crippen LogP contribution in [0.4, 0.5) is 4.79 Å². The van der Waals surface area contributed by atoms with Crippen LogP contribution >= 0.6 is 23.5 Å². The van der Waals surface area contributed by atoms with Crippen LogP contribution in [-0.2, 0) is 16.1 Å². The fourth-order valence-corrected chi connectivity index (χ4v) is 4.96. The molecular weight excluding hydrogens is 448 g/mol. The quantitative estimate of drug-likeness (QED) is 0.493. The third-order valence-electron chi connectivity index (χ3n) is 5.07. The van der Waals surface area contributed by atoms with Crippen LogP contribution in [0.25, 0.3) is 0 Å². The third-order valence-corrected chi connectivity index (χ3v) is 6.89. The molecule has 0 aliphatic carbocycles. The lowest BCUT2D eigenvalue weighted by Crippen LogP contribution is -2.38. The lowest BCUT2D eigenvalue weighted by atomic mass is 10.2. The molecule has 2 heterocycles. The normalized spacial score (nSPS) is 14.9. The zero-order valence-electron chi connectivity index (χ0n) is 18.5. The number of benzene rings is 1. The van der Waals surface area contributed by atoms with E-state index in [1.165, 1.54) is 16.7 Å². The van der Waals surface area contributed by atoms with E-state index in [1.54, 1.807) is 0 Å². The van der Waals surface area contributed by atoms with Crippen LogP contribution in [0.15, 0.2) is 35.5 Å². The Hall–Kier alpha value is -2.37. The number of amides is 3. The molecule has 1 aliphatic heterocycles. The molecule has 1 saturated heterocycles. The average molecular weight is 477 g/mol. The van der Waals surface area contributed by atoms with Gasteiger partial charge in [0.25, 0.3) is 5.24 Å². The van der Waals surface area contributed by atoms with Crippen LogP contribution in [-0.4, -0.2) is 80.3 Å². The molecule has 1 aromatic heterocycles.